The summed E-state index contributed by atoms with van der Waals surface area (Å²) in [4.78, 5) is 3.61. The van der Waals surface area contributed by atoms with Crippen molar-refractivity contribution >= 4 is 10.9 Å². The summed E-state index contributed by atoms with van der Waals surface area (Å²) in [6.45, 7) is 4.51. The van der Waals surface area contributed by atoms with Gasteiger partial charge in [-0.2, -0.15) is 0 Å². The minimum Gasteiger partial charge on any atom is -0.358 e. The van der Waals surface area contributed by atoms with Crippen molar-refractivity contribution in [1.82, 2.24) is 4.98 Å². The number of rotatable bonds is 1. The van der Waals surface area contributed by atoms with Crippen molar-refractivity contribution in [1.29, 1.82) is 0 Å². The zero-order valence-electron chi connectivity index (χ0n) is 10.1. The summed E-state index contributed by atoms with van der Waals surface area (Å²) in [5.41, 5.74) is 5.85. The van der Waals surface area contributed by atoms with Crippen LogP contribution in [0.1, 0.15) is 49.4 Å². The van der Waals surface area contributed by atoms with Crippen LogP contribution in [0.25, 0.3) is 10.9 Å². The Morgan fingerprint density at radius 1 is 1.12 bits per heavy atom. The largest absolute Gasteiger partial charge is 0.358 e. The molecule has 0 atom stereocenters. The van der Waals surface area contributed by atoms with Crippen molar-refractivity contribution in [2.24, 2.45) is 0 Å². The van der Waals surface area contributed by atoms with Crippen LogP contribution in [0.2, 0.25) is 0 Å². The van der Waals surface area contributed by atoms with E-state index in [2.05, 4.69) is 37.0 Å². The highest BCUT2D eigenvalue weighted by Gasteiger charge is 2.15. The molecule has 0 spiro atoms. The van der Waals surface area contributed by atoms with Gasteiger partial charge in [-0.3, -0.25) is 0 Å². The van der Waals surface area contributed by atoms with Crippen LogP contribution in [-0.4, -0.2) is 4.98 Å². The maximum atomic E-state index is 3.61. The number of aromatic nitrogens is 1. The average Bonchev–Trinajstić information content (AvgIpc) is 2.66. The quantitative estimate of drug-likeness (QED) is 0.731. The average molecular weight is 213 g/mol. The second kappa shape index (κ2) is 3.65. The van der Waals surface area contributed by atoms with E-state index in [1.165, 1.54) is 47.8 Å². The summed E-state index contributed by atoms with van der Waals surface area (Å²) in [5.74, 6) is 0.615. The molecule has 0 amide bonds. The number of hydrogen-bond acceptors (Lipinski definition) is 0. The van der Waals surface area contributed by atoms with Crippen molar-refractivity contribution in [2.45, 2.75) is 45.4 Å². The molecule has 3 rings (SSSR count). The van der Waals surface area contributed by atoms with Gasteiger partial charge in [-0.1, -0.05) is 26.0 Å². The molecule has 1 aromatic heterocycles. The van der Waals surface area contributed by atoms with E-state index in [0.29, 0.717) is 5.92 Å². The summed E-state index contributed by atoms with van der Waals surface area (Å²) in [5, 5.41) is 1.46. The molecule has 0 bridgehead atoms. The Hall–Kier alpha value is -1.24. The van der Waals surface area contributed by atoms with Crippen LogP contribution in [0.15, 0.2) is 18.2 Å². The second-order valence-electron chi connectivity index (χ2n) is 5.25. The zero-order valence-corrected chi connectivity index (χ0v) is 10.1. The molecular weight excluding hydrogens is 194 g/mol. The molecule has 0 aliphatic heterocycles. The van der Waals surface area contributed by atoms with E-state index in [1.807, 2.05) is 0 Å². The maximum absolute atomic E-state index is 3.61. The van der Waals surface area contributed by atoms with E-state index in [9.17, 15) is 0 Å². The molecule has 0 fully saturated rings. The fourth-order valence-corrected chi connectivity index (χ4v) is 2.79. The highest BCUT2D eigenvalue weighted by molar-refractivity contribution is 5.85. The van der Waals surface area contributed by atoms with Crippen LogP contribution in [-0.2, 0) is 12.8 Å². The monoisotopic (exact) mass is 213 g/mol. The lowest BCUT2D eigenvalue weighted by Crippen LogP contribution is -1.99. The molecule has 0 saturated carbocycles. The Kier molecular flexibility index (Phi) is 2.27. The summed E-state index contributed by atoms with van der Waals surface area (Å²) < 4.78 is 0. The number of H-pyrrole nitrogens is 1. The molecule has 0 unspecified atom stereocenters. The molecule has 1 aliphatic carbocycles. The van der Waals surface area contributed by atoms with Gasteiger partial charge in [-0.15, -0.1) is 0 Å². The number of nitrogens with one attached hydrogen (secondary N) is 1. The van der Waals surface area contributed by atoms with Gasteiger partial charge in [0, 0.05) is 16.6 Å². The first-order valence-electron chi connectivity index (χ1n) is 6.39. The Labute approximate surface area is 96.9 Å². The van der Waals surface area contributed by atoms with Gasteiger partial charge in [0.2, 0.25) is 0 Å². The van der Waals surface area contributed by atoms with Crippen molar-refractivity contribution in [2.75, 3.05) is 0 Å². The van der Waals surface area contributed by atoms with Gasteiger partial charge in [0.05, 0.1) is 0 Å². The van der Waals surface area contributed by atoms with Crippen LogP contribution in [0, 0.1) is 0 Å². The van der Waals surface area contributed by atoms with Gasteiger partial charge in [-0.05, 0) is 48.8 Å². The fraction of sp³-hybridized carbons (Fsp3) is 0.467. The van der Waals surface area contributed by atoms with Crippen LogP contribution in [0.3, 0.4) is 0 Å². The Balaban J connectivity index is 2.19. The maximum Gasteiger partial charge on any atom is 0.0461 e. The topological polar surface area (TPSA) is 15.8 Å². The summed E-state index contributed by atoms with van der Waals surface area (Å²) in [7, 11) is 0. The van der Waals surface area contributed by atoms with E-state index >= 15 is 0 Å². The third-order valence-electron chi connectivity index (χ3n) is 3.79. The van der Waals surface area contributed by atoms with E-state index in [1.54, 1.807) is 5.56 Å². The first-order valence-corrected chi connectivity index (χ1v) is 6.39. The first kappa shape index (κ1) is 9.95. The molecule has 1 N–H and O–H groups in total. The molecule has 0 saturated heterocycles. The van der Waals surface area contributed by atoms with Crippen LogP contribution in [0.4, 0.5) is 0 Å². The van der Waals surface area contributed by atoms with E-state index in [-0.39, 0.29) is 0 Å². The number of benzene rings is 1. The summed E-state index contributed by atoms with van der Waals surface area (Å²) in [6, 6.07) is 6.93. The Morgan fingerprint density at radius 2 is 1.94 bits per heavy atom. The van der Waals surface area contributed by atoms with Gasteiger partial charge >= 0.3 is 0 Å². The smallest absolute Gasteiger partial charge is 0.0461 e. The summed E-state index contributed by atoms with van der Waals surface area (Å²) in [6.07, 6.45) is 5.19. The van der Waals surface area contributed by atoms with Crippen molar-refractivity contribution < 1.29 is 0 Å². The minimum absolute atomic E-state index is 0.615. The highest BCUT2D eigenvalue weighted by atomic mass is 14.7. The molecule has 2 aromatic rings. The minimum atomic E-state index is 0.615. The third-order valence-corrected chi connectivity index (χ3v) is 3.79. The van der Waals surface area contributed by atoms with Crippen LogP contribution < -0.4 is 0 Å². The lowest BCUT2D eigenvalue weighted by Gasteiger charge is -2.10. The molecule has 16 heavy (non-hydrogen) atoms. The standard InChI is InChI=1S/C15H19N/c1-10(2)11-7-8-13-12-5-3-4-6-14(12)16-15(13)9-11/h7-10,16H,3-6H2,1-2H3. The molecule has 1 nitrogen and oxygen atoms in total. The summed E-state index contributed by atoms with van der Waals surface area (Å²) >= 11 is 0. The molecule has 1 heteroatoms. The van der Waals surface area contributed by atoms with Gasteiger partial charge in [0.25, 0.3) is 0 Å². The van der Waals surface area contributed by atoms with E-state index in [4.69, 9.17) is 0 Å². The van der Waals surface area contributed by atoms with E-state index in [0.717, 1.165) is 0 Å². The van der Waals surface area contributed by atoms with Crippen molar-refractivity contribution in [3.8, 4) is 0 Å². The second-order valence-corrected chi connectivity index (χ2v) is 5.25. The number of aryl methyl sites for hydroxylation is 2. The molecule has 0 radical (unpaired) electrons. The SMILES string of the molecule is CC(C)c1ccc2c3c([nH]c2c1)CCCC3. The number of aromatic amines is 1. The predicted molar refractivity (Wildman–Crippen MR) is 69.0 cm³/mol. The normalized spacial score (nSPS) is 15.7. The lowest BCUT2D eigenvalue weighted by atomic mass is 9.94. The third kappa shape index (κ3) is 1.46. The Bertz CT molecular complexity index is 519. The molecule has 1 aromatic carbocycles. The lowest BCUT2D eigenvalue weighted by molar-refractivity contribution is 0.680. The fourth-order valence-electron chi connectivity index (χ4n) is 2.79. The highest BCUT2D eigenvalue weighted by Crippen LogP contribution is 2.30. The van der Waals surface area contributed by atoms with Crippen molar-refractivity contribution in [3.05, 3.63) is 35.0 Å². The predicted octanol–water partition coefficient (Wildman–Crippen LogP) is 4.17. The van der Waals surface area contributed by atoms with Gasteiger partial charge in [0.15, 0.2) is 0 Å². The molecule has 84 valence electrons. The molecular formula is C15H19N. The van der Waals surface area contributed by atoms with Crippen LogP contribution in [0.5, 0.6) is 0 Å². The van der Waals surface area contributed by atoms with Crippen LogP contribution >= 0.6 is 0 Å². The van der Waals surface area contributed by atoms with Crippen molar-refractivity contribution in [3.63, 3.8) is 0 Å². The molecule has 1 aliphatic rings. The zero-order chi connectivity index (χ0) is 11.1. The first-order chi connectivity index (χ1) is 7.75. The number of fused-ring (bicyclic) bond motifs is 3. The van der Waals surface area contributed by atoms with Gasteiger partial charge < -0.3 is 4.98 Å². The van der Waals surface area contributed by atoms with E-state index < -0.39 is 0 Å². The molecule has 1 heterocycles. The Morgan fingerprint density at radius 3 is 2.75 bits per heavy atom. The van der Waals surface area contributed by atoms with Gasteiger partial charge in [-0.25, -0.2) is 0 Å². The van der Waals surface area contributed by atoms with Gasteiger partial charge in [0.1, 0.15) is 0 Å². The number of hydrogen-bond donors (Lipinski definition) is 1.